The Morgan fingerprint density at radius 1 is 1.07 bits per heavy atom. The molecule has 11 heteroatoms. The number of hydrogen-bond donors (Lipinski definition) is 2. The third kappa shape index (κ3) is 4.63. The van der Waals surface area contributed by atoms with Crippen molar-refractivity contribution in [2.24, 2.45) is 30.4 Å². The first-order chi connectivity index (χ1) is 22.2. The number of ether oxygens (including phenoxy) is 1. The monoisotopic (exact) mass is 618 g/mol. The van der Waals surface area contributed by atoms with E-state index in [2.05, 4.69) is 26.3 Å². The summed E-state index contributed by atoms with van der Waals surface area (Å²) in [6.07, 6.45) is 6.30. The first kappa shape index (κ1) is 28.7. The number of carbonyl (C=O) groups excluding carboxylic acids is 2. The van der Waals surface area contributed by atoms with Crippen molar-refractivity contribution in [3.8, 4) is 28.5 Å². The zero-order chi connectivity index (χ0) is 31.9. The number of primary amides is 1. The summed E-state index contributed by atoms with van der Waals surface area (Å²) in [4.78, 5) is 41.9. The smallest absolute Gasteiger partial charge is 0.254 e. The third-order valence-electron chi connectivity index (χ3n) is 10.2. The Kier molecular flexibility index (Phi) is 6.64. The van der Waals surface area contributed by atoms with Crippen molar-refractivity contribution in [3.63, 3.8) is 0 Å². The highest BCUT2D eigenvalue weighted by molar-refractivity contribution is 6.00. The number of piperidine rings is 1. The number of amides is 2. The van der Waals surface area contributed by atoms with Crippen molar-refractivity contribution in [2.45, 2.75) is 57.7 Å². The van der Waals surface area contributed by atoms with Crippen LogP contribution in [-0.4, -0.2) is 66.5 Å². The van der Waals surface area contributed by atoms with Crippen LogP contribution in [0, 0.1) is 18.8 Å². The molecule has 3 atom stereocenters. The predicted molar refractivity (Wildman–Crippen MR) is 175 cm³/mol. The van der Waals surface area contributed by atoms with Crippen molar-refractivity contribution in [1.29, 1.82) is 0 Å². The number of methoxy groups -OCH3 is 1. The number of nitrogens with two attached hydrogens (primary N) is 2. The second kappa shape index (κ2) is 10.7. The van der Waals surface area contributed by atoms with E-state index in [1.54, 1.807) is 13.3 Å². The van der Waals surface area contributed by atoms with Crippen LogP contribution in [0.3, 0.4) is 0 Å². The number of fused-ring (bicyclic) bond motifs is 4. The number of rotatable bonds is 8. The summed E-state index contributed by atoms with van der Waals surface area (Å²) in [6.45, 7) is 3.55. The van der Waals surface area contributed by atoms with Crippen LogP contribution < -0.4 is 16.2 Å². The minimum absolute atomic E-state index is 0.0120. The van der Waals surface area contributed by atoms with Gasteiger partial charge in [-0.05, 0) is 86.4 Å². The van der Waals surface area contributed by atoms with E-state index in [0.29, 0.717) is 40.9 Å². The highest BCUT2D eigenvalue weighted by Gasteiger charge is 2.47. The van der Waals surface area contributed by atoms with E-state index in [1.165, 1.54) is 12.8 Å². The van der Waals surface area contributed by atoms with Crippen molar-refractivity contribution < 1.29 is 14.3 Å². The SMILES string of the molecule is COc1cc(C(=O)N2CC3CCC2[C@@H]3N)cc2nc(-c3cc4ccc(-c5cnc(CC(N)=O)cc5C)nc4n3CC3CC3)n(C)c12. The summed E-state index contributed by atoms with van der Waals surface area (Å²) in [6, 6.07) is 12.0. The molecule has 2 bridgehead atoms. The average molecular weight is 619 g/mol. The van der Waals surface area contributed by atoms with Gasteiger partial charge in [0.1, 0.15) is 16.9 Å². The molecule has 1 aliphatic heterocycles. The third-order valence-corrected chi connectivity index (χ3v) is 10.2. The van der Waals surface area contributed by atoms with Crippen molar-refractivity contribution >= 4 is 33.9 Å². The van der Waals surface area contributed by atoms with Gasteiger partial charge in [0.15, 0.2) is 5.82 Å². The molecule has 1 saturated heterocycles. The highest BCUT2D eigenvalue weighted by atomic mass is 16.5. The molecule has 4 aromatic heterocycles. The van der Waals surface area contributed by atoms with Gasteiger partial charge in [0, 0.05) is 60.6 Å². The fourth-order valence-corrected chi connectivity index (χ4v) is 7.63. The zero-order valence-corrected chi connectivity index (χ0v) is 26.4. The number of imidazole rings is 1. The molecule has 2 unspecified atom stereocenters. The summed E-state index contributed by atoms with van der Waals surface area (Å²) in [5, 5.41) is 1.02. The van der Waals surface area contributed by atoms with Crippen LogP contribution in [0.2, 0.25) is 0 Å². The van der Waals surface area contributed by atoms with Crippen LogP contribution in [0.4, 0.5) is 0 Å². The molecule has 4 N–H and O–H groups in total. The summed E-state index contributed by atoms with van der Waals surface area (Å²) in [5.41, 5.74) is 19.1. The average Bonchev–Trinajstić information content (AvgIpc) is 3.44. The molecule has 0 spiro atoms. The lowest BCUT2D eigenvalue weighted by Crippen LogP contribution is -2.41. The number of hydrogen-bond acceptors (Lipinski definition) is 7. The maximum atomic E-state index is 13.7. The summed E-state index contributed by atoms with van der Waals surface area (Å²) < 4.78 is 10.2. The molecule has 2 saturated carbocycles. The number of benzene rings is 1. The second-order valence-electron chi connectivity index (χ2n) is 13.3. The van der Waals surface area contributed by atoms with Crippen molar-refractivity contribution in [2.75, 3.05) is 13.7 Å². The van der Waals surface area contributed by atoms with Gasteiger partial charge in [-0.1, -0.05) is 0 Å². The van der Waals surface area contributed by atoms with Crippen LogP contribution in [0.5, 0.6) is 5.75 Å². The van der Waals surface area contributed by atoms with Gasteiger partial charge in [-0.3, -0.25) is 14.6 Å². The second-order valence-corrected chi connectivity index (χ2v) is 13.3. The van der Waals surface area contributed by atoms with Crippen molar-refractivity contribution in [1.82, 2.24) is 29.0 Å². The van der Waals surface area contributed by atoms with Crippen molar-refractivity contribution in [3.05, 3.63) is 59.4 Å². The van der Waals surface area contributed by atoms with E-state index < -0.39 is 5.91 Å². The fraction of sp³-hybridized carbons (Fsp3) is 0.400. The normalized spacial score (nSPS) is 20.7. The van der Waals surface area contributed by atoms with Crippen LogP contribution in [-0.2, 0) is 24.8 Å². The van der Waals surface area contributed by atoms with Gasteiger partial charge in [0.25, 0.3) is 5.91 Å². The Balaban J connectivity index is 1.21. The molecular weight excluding hydrogens is 580 g/mol. The van der Waals surface area contributed by atoms with Crippen LogP contribution in [0.1, 0.15) is 47.3 Å². The van der Waals surface area contributed by atoms with E-state index in [1.807, 2.05) is 43.1 Å². The Hall–Kier alpha value is -4.77. The molecule has 3 fully saturated rings. The van der Waals surface area contributed by atoms with Gasteiger partial charge in [-0.2, -0.15) is 0 Å². The number of nitrogens with zero attached hydrogens (tertiary/aromatic N) is 6. The number of likely N-dealkylation sites (tertiary alicyclic amines) is 1. The predicted octanol–water partition coefficient (Wildman–Crippen LogP) is 3.97. The quantitative estimate of drug-likeness (QED) is 0.268. The summed E-state index contributed by atoms with van der Waals surface area (Å²) in [5.74, 6) is 1.95. The first-order valence-corrected chi connectivity index (χ1v) is 16.1. The molecule has 5 aromatic rings. The summed E-state index contributed by atoms with van der Waals surface area (Å²) in [7, 11) is 3.63. The molecule has 2 amide bonds. The Morgan fingerprint density at radius 2 is 1.89 bits per heavy atom. The van der Waals surface area contributed by atoms with Gasteiger partial charge >= 0.3 is 0 Å². The Bertz CT molecular complexity index is 2060. The lowest BCUT2D eigenvalue weighted by Gasteiger charge is -2.27. The molecule has 8 rings (SSSR count). The molecule has 46 heavy (non-hydrogen) atoms. The molecule has 0 radical (unpaired) electrons. The minimum Gasteiger partial charge on any atom is -0.494 e. The molecular formula is C35H38N8O3. The number of aromatic nitrogens is 5. The van der Waals surface area contributed by atoms with E-state index >= 15 is 0 Å². The van der Waals surface area contributed by atoms with E-state index in [-0.39, 0.29) is 24.4 Å². The maximum absolute atomic E-state index is 13.7. The first-order valence-electron chi connectivity index (χ1n) is 16.1. The number of pyridine rings is 2. The van der Waals surface area contributed by atoms with E-state index in [9.17, 15) is 9.59 Å². The largest absolute Gasteiger partial charge is 0.494 e. The molecule has 236 valence electrons. The molecule has 5 heterocycles. The number of aryl methyl sites for hydroxylation is 2. The van der Waals surface area contributed by atoms with E-state index in [0.717, 1.165) is 64.3 Å². The lowest BCUT2D eigenvalue weighted by molar-refractivity contribution is -0.117. The zero-order valence-electron chi connectivity index (χ0n) is 26.4. The van der Waals surface area contributed by atoms with Gasteiger partial charge in [-0.15, -0.1) is 0 Å². The van der Waals surface area contributed by atoms with Crippen LogP contribution in [0.15, 0.2) is 42.6 Å². The standard InChI is InChI=1S/C35H38N8O3/c1-18-10-23(14-30(36)44)38-15-24(18)25-8-6-20-12-28(42(33(20)39-25)16-19-4-5-19)34-40-26-11-22(13-29(46-3)32(26)41(34)2)35(45)43-17-21-7-9-27(43)31(21)37/h6,8,10-13,15,19,21,27,31H,4-5,7,9,14,16-17,37H2,1-3H3,(H2,36,44)/t21?,27?,31-/m1/s1. The fourth-order valence-electron chi connectivity index (χ4n) is 7.63. The number of carbonyl (C=O) groups is 2. The van der Waals surface area contributed by atoms with Crippen LogP contribution in [0.25, 0.3) is 44.8 Å². The van der Waals surface area contributed by atoms with Gasteiger partial charge < -0.3 is 30.2 Å². The topological polar surface area (TPSA) is 147 Å². The molecule has 2 aliphatic carbocycles. The van der Waals surface area contributed by atoms with Gasteiger partial charge in [-0.25, -0.2) is 9.97 Å². The van der Waals surface area contributed by atoms with Crippen LogP contribution >= 0.6 is 0 Å². The molecule has 3 aliphatic rings. The molecule has 1 aromatic carbocycles. The summed E-state index contributed by atoms with van der Waals surface area (Å²) >= 11 is 0. The highest BCUT2D eigenvalue weighted by Crippen LogP contribution is 2.40. The maximum Gasteiger partial charge on any atom is 0.254 e. The molecule has 11 nitrogen and oxygen atoms in total. The Morgan fingerprint density at radius 3 is 2.57 bits per heavy atom. The van der Waals surface area contributed by atoms with E-state index in [4.69, 9.17) is 26.2 Å². The minimum atomic E-state index is -0.407. The Labute approximate surface area is 266 Å². The van der Waals surface area contributed by atoms with Gasteiger partial charge in [0.05, 0.1) is 30.4 Å². The van der Waals surface area contributed by atoms with Gasteiger partial charge in [0.2, 0.25) is 5.91 Å². The lowest BCUT2D eigenvalue weighted by atomic mass is 10.1.